The maximum Gasteiger partial charge on any atom is 0.325 e. The van der Waals surface area contributed by atoms with Crippen LogP contribution in [0, 0.1) is 0 Å². The van der Waals surface area contributed by atoms with Crippen molar-refractivity contribution in [3.8, 4) is 0 Å². The zero-order valence-corrected chi connectivity index (χ0v) is 10.4. The fraction of sp³-hybridized carbons (Fsp3) is 0.600. The zero-order valence-electron chi connectivity index (χ0n) is 10.4. The number of H-pyrrole nitrogens is 1. The third-order valence-corrected chi connectivity index (χ3v) is 2.18. The van der Waals surface area contributed by atoms with E-state index in [1.807, 2.05) is 13.8 Å². The predicted molar refractivity (Wildman–Crippen MR) is 59.4 cm³/mol. The summed E-state index contributed by atoms with van der Waals surface area (Å²) < 4.78 is 4.47. The van der Waals surface area contributed by atoms with Crippen LogP contribution in [0.25, 0.3) is 0 Å². The lowest BCUT2D eigenvalue weighted by Gasteiger charge is -2.12. The molecule has 1 N–H and O–H groups in total. The summed E-state index contributed by atoms with van der Waals surface area (Å²) in [6.45, 7) is 3.75. The first-order chi connectivity index (χ1) is 7.95. The number of nitrogens with one attached hydrogen (secondary N) is 1. The van der Waals surface area contributed by atoms with Crippen molar-refractivity contribution >= 4 is 11.9 Å². The van der Waals surface area contributed by atoms with Crippen LogP contribution < -0.4 is 0 Å². The van der Waals surface area contributed by atoms with Crippen molar-refractivity contribution in [3.63, 3.8) is 0 Å². The number of likely N-dealkylation sites (N-methyl/N-ethyl adjacent to an activating group) is 1. The molecule has 0 spiro atoms. The number of methoxy groups -OCH3 is 1. The van der Waals surface area contributed by atoms with Crippen LogP contribution >= 0.6 is 0 Å². The van der Waals surface area contributed by atoms with Crippen LogP contribution in [0.15, 0.2) is 0 Å². The van der Waals surface area contributed by atoms with Gasteiger partial charge in [-0.3, -0.25) is 14.7 Å². The van der Waals surface area contributed by atoms with Crippen molar-refractivity contribution in [1.82, 2.24) is 20.1 Å². The summed E-state index contributed by atoms with van der Waals surface area (Å²) in [7, 11) is 2.76. The monoisotopic (exact) mass is 240 g/mol. The number of ether oxygens (including phenoxy) is 1. The van der Waals surface area contributed by atoms with Crippen LogP contribution in [-0.4, -0.2) is 52.7 Å². The molecule has 0 saturated carbocycles. The number of aromatic amines is 1. The standard InChI is InChI=1S/C10H16N4O3/c1-6(2)8-11-9(13-12-8)10(16)14(3)5-7(15)17-4/h6H,5H2,1-4H3,(H,11,12,13). The molecule has 0 fully saturated rings. The number of nitrogens with zero attached hydrogens (tertiary/aromatic N) is 3. The van der Waals surface area contributed by atoms with Gasteiger partial charge in [0.15, 0.2) is 0 Å². The summed E-state index contributed by atoms with van der Waals surface area (Å²) in [6, 6.07) is 0. The highest BCUT2D eigenvalue weighted by Crippen LogP contribution is 2.08. The molecule has 94 valence electrons. The van der Waals surface area contributed by atoms with Gasteiger partial charge in [-0.1, -0.05) is 13.8 Å². The highest BCUT2D eigenvalue weighted by molar-refractivity contribution is 5.92. The fourth-order valence-corrected chi connectivity index (χ4v) is 1.13. The third kappa shape index (κ3) is 3.27. The molecular weight excluding hydrogens is 224 g/mol. The second-order valence-corrected chi connectivity index (χ2v) is 3.94. The molecule has 0 saturated heterocycles. The number of hydrogen-bond acceptors (Lipinski definition) is 5. The molecule has 1 rings (SSSR count). The lowest BCUT2D eigenvalue weighted by Crippen LogP contribution is -2.33. The summed E-state index contributed by atoms with van der Waals surface area (Å²) in [5.74, 6) is -0.0473. The number of hydrogen-bond donors (Lipinski definition) is 1. The summed E-state index contributed by atoms with van der Waals surface area (Å²) in [5, 5.41) is 6.50. The summed E-state index contributed by atoms with van der Waals surface area (Å²) in [6.07, 6.45) is 0. The fourth-order valence-electron chi connectivity index (χ4n) is 1.13. The first kappa shape index (κ1) is 13.1. The van der Waals surface area contributed by atoms with E-state index in [-0.39, 0.29) is 18.3 Å². The third-order valence-electron chi connectivity index (χ3n) is 2.18. The average Bonchev–Trinajstić information content (AvgIpc) is 2.77. The summed E-state index contributed by atoms with van der Waals surface area (Å²) >= 11 is 0. The maximum absolute atomic E-state index is 11.8. The van der Waals surface area contributed by atoms with E-state index in [4.69, 9.17) is 0 Å². The second-order valence-electron chi connectivity index (χ2n) is 3.94. The number of aromatic nitrogens is 3. The molecule has 0 aliphatic rings. The number of carbonyl (C=O) groups excluding carboxylic acids is 2. The first-order valence-corrected chi connectivity index (χ1v) is 5.20. The normalized spacial score (nSPS) is 10.4. The van der Waals surface area contributed by atoms with E-state index in [1.165, 1.54) is 19.1 Å². The Hall–Kier alpha value is -1.92. The van der Waals surface area contributed by atoms with Crippen LogP contribution in [0.3, 0.4) is 0 Å². The SMILES string of the molecule is COC(=O)CN(C)C(=O)c1n[nH]c(C(C)C)n1. The van der Waals surface area contributed by atoms with Gasteiger partial charge in [0.25, 0.3) is 5.91 Å². The van der Waals surface area contributed by atoms with Crippen molar-refractivity contribution in [2.45, 2.75) is 19.8 Å². The van der Waals surface area contributed by atoms with Crippen molar-refractivity contribution in [2.75, 3.05) is 20.7 Å². The number of amides is 1. The Morgan fingerprint density at radius 3 is 2.59 bits per heavy atom. The smallest absolute Gasteiger partial charge is 0.325 e. The molecule has 1 amide bonds. The Balaban J connectivity index is 2.71. The van der Waals surface area contributed by atoms with Gasteiger partial charge >= 0.3 is 5.97 Å². The molecule has 1 heterocycles. The minimum absolute atomic E-state index is 0.0557. The van der Waals surface area contributed by atoms with E-state index in [2.05, 4.69) is 19.9 Å². The topological polar surface area (TPSA) is 88.2 Å². The van der Waals surface area contributed by atoms with Gasteiger partial charge in [0.2, 0.25) is 5.82 Å². The molecule has 0 aromatic carbocycles. The largest absolute Gasteiger partial charge is 0.468 e. The molecule has 7 nitrogen and oxygen atoms in total. The van der Waals surface area contributed by atoms with E-state index in [0.717, 1.165) is 0 Å². The van der Waals surface area contributed by atoms with Gasteiger partial charge in [-0.2, -0.15) is 0 Å². The Morgan fingerprint density at radius 2 is 2.12 bits per heavy atom. The van der Waals surface area contributed by atoms with Gasteiger partial charge in [-0.05, 0) is 0 Å². The predicted octanol–water partition coefficient (Wildman–Crippen LogP) is 0.173. The molecule has 0 bridgehead atoms. The minimum atomic E-state index is -0.486. The molecule has 1 aromatic rings. The van der Waals surface area contributed by atoms with Crippen LogP contribution in [0.2, 0.25) is 0 Å². The van der Waals surface area contributed by atoms with E-state index in [0.29, 0.717) is 5.82 Å². The Bertz CT molecular complexity index is 413. The zero-order chi connectivity index (χ0) is 13.0. The molecule has 17 heavy (non-hydrogen) atoms. The number of carbonyl (C=O) groups is 2. The van der Waals surface area contributed by atoms with Crippen molar-refractivity contribution in [3.05, 3.63) is 11.6 Å². The van der Waals surface area contributed by atoms with Crippen LogP contribution in [-0.2, 0) is 9.53 Å². The molecule has 0 unspecified atom stereocenters. The quantitative estimate of drug-likeness (QED) is 0.758. The number of esters is 1. The lowest BCUT2D eigenvalue weighted by atomic mass is 10.2. The second kappa shape index (κ2) is 5.42. The highest BCUT2D eigenvalue weighted by atomic mass is 16.5. The van der Waals surface area contributed by atoms with E-state index in [9.17, 15) is 9.59 Å². The van der Waals surface area contributed by atoms with Gasteiger partial charge < -0.3 is 9.64 Å². The Kier molecular flexibility index (Phi) is 4.19. The van der Waals surface area contributed by atoms with E-state index < -0.39 is 11.9 Å². The van der Waals surface area contributed by atoms with Crippen LogP contribution in [0.1, 0.15) is 36.2 Å². The van der Waals surface area contributed by atoms with Crippen molar-refractivity contribution in [2.24, 2.45) is 0 Å². The lowest BCUT2D eigenvalue weighted by molar-refractivity contribution is -0.141. The molecule has 1 aromatic heterocycles. The Morgan fingerprint density at radius 1 is 1.47 bits per heavy atom. The van der Waals surface area contributed by atoms with Crippen LogP contribution in [0.5, 0.6) is 0 Å². The van der Waals surface area contributed by atoms with Gasteiger partial charge in [0.1, 0.15) is 12.4 Å². The molecule has 0 radical (unpaired) electrons. The molecule has 7 heteroatoms. The van der Waals surface area contributed by atoms with E-state index >= 15 is 0 Å². The van der Waals surface area contributed by atoms with Crippen molar-refractivity contribution in [1.29, 1.82) is 0 Å². The average molecular weight is 240 g/mol. The first-order valence-electron chi connectivity index (χ1n) is 5.20. The Labute approximate surface area is 99.2 Å². The maximum atomic E-state index is 11.8. The number of rotatable bonds is 4. The summed E-state index contributed by atoms with van der Waals surface area (Å²) in [4.78, 5) is 28.1. The minimum Gasteiger partial charge on any atom is -0.468 e. The van der Waals surface area contributed by atoms with Crippen molar-refractivity contribution < 1.29 is 14.3 Å². The van der Waals surface area contributed by atoms with Gasteiger partial charge in [0, 0.05) is 13.0 Å². The van der Waals surface area contributed by atoms with Gasteiger partial charge in [-0.15, -0.1) is 5.10 Å². The van der Waals surface area contributed by atoms with E-state index in [1.54, 1.807) is 0 Å². The molecule has 0 atom stereocenters. The molecule has 0 aliphatic carbocycles. The van der Waals surface area contributed by atoms with Gasteiger partial charge in [-0.25, -0.2) is 4.98 Å². The highest BCUT2D eigenvalue weighted by Gasteiger charge is 2.20. The van der Waals surface area contributed by atoms with Gasteiger partial charge in [0.05, 0.1) is 7.11 Å². The summed E-state index contributed by atoms with van der Waals surface area (Å²) in [5.41, 5.74) is 0. The molecular formula is C10H16N4O3. The molecule has 0 aliphatic heterocycles. The van der Waals surface area contributed by atoms with Crippen LogP contribution in [0.4, 0.5) is 0 Å².